The van der Waals surface area contributed by atoms with Gasteiger partial charge < -0.3 is 20.3 Å². The number of hydrogen-bond donors (Lipinski definition) is 2. The number of hydrogen-bond acceptors (Lipinski definition) is 6. The van der Waals surface area contributed by atoms with Gasteiger partial charge in [0.1, 0.15) is 0 Å². The van der Waals surface area contributed by atoms with Crippen LogP contribution in [-0.4, -0.2) is 37.2 Å². The van der Waals surface area contributed by atoms with Crippen molar-refractivity contribution in [3.05, 3.63) is 83.9 Å². The van der Waals surface area contributed by atoms with Gasteiger partial charge in [0.25, 0.3) is 5.91 Å². The summed E-state index contributed by atoms with van der Waals surface area (Å²) in [6.07, 6.45) is 0. The zero-order chi connectivity index (χ0) is 21.8. The van der Waals surface area contributed by atoms with Crippen LogP contribution in [0.25, 0.3) is 10.2 Å². The van der Waals surface area contributed by atoms with Crippen LogP contribution >= 0.6 is 11.3 Å². The van der Waals surface area contributed by atoms with E-state index in [9.17, 15) is 4.79 Å². The molecule has 1 aliphatic rings. The van der Waals surface area contributed by atoms with Crippen molar-refractivity contribution in [2.75, 3.05) is 36.5 Å². The first-order valence-corrected chi connectivity index (χ1v) is 11.5. The number of aromatic nitrogens is 1. The minimum atomic E-state index is -0.0858. The molecule has 1 fully saturated rings. The molecule has 6 nitrogen and oxygen atoms in total. The number of ether oxygens (including phenoxy) is 1. The fraction of sp³-hybridized carbons (Fsp3) is 0.200. The van der Waals surface area contributed by atoms with E-state index in [0.29, 0.717) is 12.1 Å². The average Bonchev–Trinajstić information content (AvgIpc) is 3.25. The van der Waals surface area contributed by atoms with Gasteiger partial charge >= 0.3 is 0 Å². The number of amides is 1. The summed E-state index contributed by atoms with van der Waals surface area (Å²) in [4.78, 5) is 19.6. The van der Waals surface area contributed by atoms with Gasteiger partial charge in [-0.15, -0.1) is 0 Å². The summed E-state index contributed by atoms with van der Waals surface area (Å²) in [6.45, 7) is 3.90. The number of carbonyl (C=O) groups is 1. The number of morpholine rings is 1. The van der Waals surface area contributed by atoms with Gasteiger partial charge in [-0.2, -0.15) is 0 Å². The van der Waals surface area contributed by atoms with E-state index in [2.05, 4.69) is 44.8 Å². The molecule has 1 aromatic heterocycles. The summed E-state index contributed by atoms with van der Waals surface area (Å²) in [6, 6.07) is 23.9. The Morgan fingerprint density at radius 2 is 1.78 bits per heavy atom. The highest BCUT2D eigenvalue weighted by Gasteiger charge is 2.12. The highest BCUT2D eigenvalue weighted by atomic mass is 32.1. The molecule has 0 saturated carbocycles. The third-order valence-corrected chi connectivity index (χ3v) is 6.37. The number of nitrogens with one attached hydrogen (secondary N) is 2. The highest BCUT2D eigenvalue weighted by Crippen LogP contribution is 2.30. The van der Waals surface area contributed by atoms with Gasteiger partial charge in [-0.25, -0.2) is 4.98 Å². The molecule has 0 bridgehead atoms. The SMILES string of the molecule is O=C(NCc1ccccc1)c1ccc2nc(Nc3ccc(N4CCOCC4)cc3)sc2c1. The van der Waals surface area contributed by atoms with Crippen LogP contribution in [0.4, 0.5) is 16.5 Å². The molecule has 0 atom stereocenters. The maximum absolute atomic E-state index is 12.6. The number of nitrogens with zero attached hydrogens (tertiary/aromatic N) is 2. The molecule has 2 N–H and O–H groups in total. The quantitative estimate of drug-likeness (QED) is 0.447. The van der Waals surface area contributed by atoms with Crippen molar-refractivity contribution in [2.24, 2.45) is 0 Å². The van der Waals surface area contributed by atoms with Gasteiger partial charge in [-0.3, -0.25) is 4.79 Å². The topological polar surface area (TPSA) is 66.5 Å². The monoisotopic (exact) mass is 444 g/mol. The van der Waals surface area contributed by atoms with Gasteiger partial charge in [0.15, 0.2) is 5.13 Å². The van der Waals surface area contributed by atoms with Crippen LogP contribution in [0.5, 0.6) is 0 Å². The number of carbonyl (C=O) groups excluding carboxylic acids is 1. The minimum absolute atomic E-state index is 0.0858. The third kappa shape index (κ3) is 4.74. The molecule has 1 amide bonds. The van der Waals surface area contributed by atoms with Crippen LogP contribution in [-0.2, 0) is 11.3 Å². The average molecular weight is 445 g/mol. The molecule has 3 aromatic carbocycles. The fourth-order valence-electron chi connectivity index (χ4n) is 3.70. The molecule has 2 heterocycles. The molecule has 162 valence electrons. The molecule has 0 spiro atoms. The van der Waals surface area contributed by atoms with Crippen LogP contribution in [0.15, 0.2) is 72.8 Å². The van der Waals surface area contributed by atoms with Gasteiger partial charge in [-0.05, 0) is 48.0 Å². The lowest BCUT2D eigenvalue weighted by atomic mass is 10.2. The van der Waals surface area contributed by atoms with E-state index in [-0.39, 0.29) is 5.91 Å². The molecule has 0 radical (unpaired) electrons. The molecule has 1 aliphatic heterocycles. The van der Waals surface area contributed by atoms with E-state index in [4.69, 9.17) is 4.74 Å². The predicted molar refractivity (Wildman–Crippen MR) is 130 cm³/mol. The Morgan fingerprint density at radius 1 is 1.00 bits per heavy atom. The smallest absolute Gasteiger partial charge is 0.251 e. The highest BCUT2D eigenvalue weighted by molar-refractivity contribution is 7.22. The summed E-state index contributed by atoms with van der Waals surface area (Å²) in [5.41, 5.74) is 4.78. The standard InChI is InChI=1S/C25H24N4O2S/c30-24(26-17-18-4-2-1-3-5-18)19-6-11-22-23(16-19)32-25(28-22)27-20-7-9-21(10-8-20)29-12-14-31-15-13-29/h1-11,16H,12-15,17H2,(H,26,30)(H,27,28). The maximum Gasteiger partial charge on any atom is 0.251 e. The van der Waals surface area contributed by atoms with E-state index in [1.807, 2.05) is 48.5 Å². The Balaban J connectivity index is 1.25. The van der Waals surface area contributed by atoms with Crippen LogP contribution in [0.1, 0.15) is 15.9 Å². The molecule has 0 aliphatic carbocycles. The number of benzene rings is 3. The Bertz CT molecular complexity index is 1200. The van der Waals surface area contributed by atoms with E-state index in [0.717, 1.165) is 52.9 Å². The zero-order valence-corrected chi connectivity index (χ0v) is 18.4. The number of anilines is 3. The van der Waals surface area contributed by atoms with Gasteiger partial charge in [0, 0.05) is 36.6 Å². The van der Waals surface area contributed by atoms with Crippen LogP contribution in [0, 0.1) is 0 Å². The lowest BCUT2D eigenvalue weighted by Crippen LogP contribution is -2.36. The summed E-state index contributed by atoms with van der Waals surface area (Å²) in [7, 11) is 0. The van der Waals surface area contributed by atoms with E-state index < -0.39 is 0 Å². The lowest BCUT2D eigenvalue weighted by molar-refractivity contribution is 0.0951. The van der Waals surface area contributed by atoms with Crippen molar-refractivity contribution in [3.8, 4) is 0 Å². The third-order valence-electron chi connectivity index (χ3n) is 5.44. The van der Waals surface area contributed by atoms with Gasteiger partial charge in [-0.1, -0.05) is 41.7 Å². The molecule has 1 saturated heterocycles. The predicted octanol–water partition coefficient (Wildman–Crippen LogP) is 4.81. The van der Waals surface area contributed by atoms with Crippen molar-refractivity contribution < 1.29 is 9.53 Å². The number of thiazole rings is 1. The first-order chi connectivity index (χ1) is 15.7. The van der Waals surface area contributed by atoms with E-state index in [1.165, 1.54) is 5.69 Å². The van der Waals surface area contributed by atoms with E-state index >= 15 is 0 Å². The fourth-order valence-corrected chi connectivity index (χ4v) is 4.63. The second-order valence-corrected chi connectivity index (χ2v) is 8.67. The van der Waals surface area contributed by atoms with Crippen molar-refractivity contribution >= 4 is 44.0 Å². The summed E-state index contributed by atoms with van der Waals surface area (Å²) >= 11 is 1.54. The maximum atomic E-state index is 12.6. The molecule has 0 unspecified atom stereocenters. The van der Waals surface area contributed by atoms with Crippen molar-refractivity contribution in [1.82, 2.24) is 10.3 Å². The first-order valence-electron chi connectivity index (χ1n) is 10.7. The normalized spacial score (nSPS) is 13.8. The second-order valence-electron chi connectivity index (χ2n) is 7.64. The second kappa shape index (κ2) is 9.38. The molecule has 7 heteroatoms. The van der Waals surface area contributed by atoms with Gasteiger partial charge in [0.05, 0.1) is 23.4 Å². The van der Waals surface area contributed by atoms with E-state index in [1.54, 1.807) is 11.3 Å². The molecule has 32 heavy (non-hydrogen) atoms. The minimum Gasteiger partial charge on any atom is -0.378 e. The number of fused-ring (bicyclic) bond motifs is 1. The summed E-state index contributed by atoms with van der Waals surface area (Å²) in [5, 5.41) is 7.17. The molecular formula is C25H24N4O2S. The summed E-state index contributed by atoms with van der Waals surface area (Å²) < 4.78 is 6.40. The Morgan fingerprint density at radius 3 is 2.56 bits per heavy atom. The molecule has 4 aromatic rings. The first kappa shape index (κ1) is 20.5. The summed E-state index contributed by atoms with van der Waals surface area (Å²) in [5.74, 6) is -0.0858. The molecule has 5 rings (SSSR count). The van der Waals surface area contributed by atoms with Crippen LogP contribution < -0.4 is 15.5 Å². The Labute approximate surface area is 190 Å². The molecular weight excluding hydrogens is 420 g/mol. The van der Waals surface area contributed by atoms with Crippen molar-refractivity contribution in [2.45, 2.75) is 6.54 Å². The van der Waals surface area contributed by atoms with Crippen LogP contribution in [0.2, 0.25) is 0 Å². The van der Waals surface area contributed by atoms with Crippen molar-refractivity contribution in [3.63, 3.8) is 0 Å². The Hall–Kier alpha value is -3.42. The largest absolute Gasteiger partial charge is 0.378 e. The van der Waals surface area contributed by atoms with Crippen molar-refractivity contribution in [1.29, 1.82) is 0 Å². The number of rotatable bonds is 6. The lowest BCUT2D eigenvalue weighted by Gasteiger charge is -2.28. The van der Waals surface area contributed by atoms with Gasteiger partial charge in [0.2, 0.25) is 0 Å². The zero-order valence-electron chi connectivity index (χ0n) is 17.6. The van der Waals surface area contributed by atoms with Crippen LogP contribution in [0.3, 0.4) is 0 Å². The Kier molecular flexibility index (Phi) is 6.00.